The zero-order valence-electron chi connectivity index (χ0n) is 19.3. The van der Waals surface area contributed by atoms with Gasteiger partial charge in [0.05, 0.1) is 6.21 Å². The third-order valence-electron chi connectivity index (χ3n) is 5.67. The molecule has 1 fully saturated rings. The van der Waals surface area contributed by atoms with Crippen LogP contribution >= 0.6 is 11.6 Å². The summed E-state index contributed by atoms with van der Waals surface area (Å²) in [4.78, 5) is 29.9. The largest absolute Gasteiger partial charge is 0.455 e. The number of halogens is 1. The second-order valence-corrected chi connectivity index (χ2v) is 8.75. The van der Waals surface area contributed by atoms with E-state index in [2.05, 4.69) is 21.9 Å². The van der Waals surface area contributed by atoms with Gasteiger partial charge in [0, 0.05) is 50.4 Å². The molecule has 33 heavy (non-hydrogen) atoms. The molecule has 0 spiro atoms. The zero-order chi connectivity index (χ0) is 23.6. The van der Waals surface area contributed by atoms with Crippen molar-refractivity contribution < 1.29 is 14.0 Å². The van der Waals surface area contributed by atoms with E-state index in [1.807, 2.05) is 18.2 Å². The predicted octanol–water partition coefficient (Wildman–Crippen LogP) is 2.88. The Morgan fingerprint density at radius 3 is 2.55 bits per heavy atom. The van der Waals surface area contributed by atoms with E-state index in [1.165, 1.54) is 9.91 Å². The van der Waals surface area contributed by atoms with Gasteiger partial charge in [-0.2, -0.15) is 5.10 Å². The van der Waals surface area contributed by atoms with Crippen LogP contribution in [0.3, 0.4) is 0 Å². The number of furan rings is 1. The van der Waals surface area contributed by atoms with Crippen molar-refractivity contribution in [2.45, 2.75) is 12.8 Å². The summed E-state index contributed by atoms with van der Waals surface area (Å²) in [5.74, 6) is 0.997. The van der Waals surface area contributed by atoms with Crippen molar-refractivity contribution in [3.05, 3.63) is 47.2 Å². The van der Waals surface area contributed by atoms with Crippen LogP contribution in [0.15, 0.2) is 45.9 Å². The lowest BCUT2D eigenvalue weighted by molar-refractivity contribution is -0.138. The zero-order valence-corrected chi connectivity index (χ0v) is 20.1. The Kier molecular flexibility index (Phi) is 9.47. The van der Waals surface area contributed by atoms with E-state index in [9.17, 15) is 9.59 Å². The molecule has 0 unspecified atom stereocenters. The normalized spacial score (nSPS) is 15.1. The molecule has 0 saturated carbocycles. The first-order chi connectivity index (χ1) is 15.9. The molecule has 1 aromatic heterocycles. The number of piperazine rings is 1. The molecule has 0 bridgehead atoms. The number of nitrogens with zero attached hydrogens (tertiary/aromatic N) is 5. The van der Waals surface area contributed by atoms with Gasteiger partial charge in [-0.25, -0.2) is 0 Å². The monoisotopic (exact) mass is 473 g/mol. The summed E-state index contributed by atoms with van der Waals surface area (Å²) in [7, 11) is 3.83. The van der Waals surface area contributed by atoms with Gasteiger partial charge in [0.2, 0.25) is 12.3 Å². The Balaban J connectivity index is 1.40. The number of likely N-dealkylation sites (N-methyl/N-ethyl adjacent to an activating group) is 2. The van der Waals surface area contributed by atoms with Crippen LogP contribution in [0.4, 0.5) is 0 Å². The van der Waals surface area contributed by atoms with E-state index in [1.54, 1.807) is 31.5 Å². The topological polar surface area (TPSA) is 72.6 Å². The van der Waals surface area contributed by atoms with Gasteiger partial charge >= 0.3 is 0 Å². The quantitative estimate of drug-likeness (QED) is 0.216. The molecule has 0 aliphatic carbocycles. The van der Waals surface area contributed by atoms with Crippen molar-refractivity contribution in [1.29, 1.82) is 0 Å². The van der Waals surface area contributed by atoms with Crippen molar-refractivity contribution in [3.63, 3.8) is 0 Å². The maximum Gasteiger partial charge on any atom is 0.250 e. The second kappa shape index (κ2) is 12.5. The van der Waals surface area contributed by atoms with E-state index >= 15 is 0 Å². The van der Waals surface area contributed by atoms with E-state index in [-0.39, 0.29) is 12.5 Å². The van der Waals surface area contributed by atoms with Crippen LogP contribution in [0.1, 0.15) is 18.6 Å². The molecular weight excluding hydrogens is 442 g/mol. The summed E-state index contributed by atoms with van der Waals surface area (Å²) < 4.78 is 5.78. The number of hydrogen-bond donors (Lipinski definition) is 0. The first kappa shape index (κ1) is 25.0. The lowest BCUT2D eigenvalue weighted by atomic mass is 10.2. The third kappa shape index (κ3) is 7.99. The molecule has 8 nitrogen and oxygen atoms in total. The number of hydrazone groups is 1. The maximum atomic E-state index is 12.5. The number of unbranched alkanes of at least 4 members (excludes halogenated alkanes) is 1. The van der Waals surface area contributed by atoms with Crippen molar-refractivity contribution in [2.24, 2.45) is 5.10 Å². The molecule has 3 rings (SSSR count). The van der Waals surface area contributed by atoms with Gasteiger partial charge in [-0.15, -0.1) is 0 Å². The highest BCUT2D eigenvalue weighted by Crippen LogP contribution is 2.23. The highest BCUT2D eigenvalue weighted by Gasteiger charge is 2.16. The first-order valence-electron chi connectivity index (χ1n) is 11.2. The van der Waals surface area contributed by atoms with Crippen LogP contribution in [0, 0.1) is 0 Å². The van der Waals surface area contributed by atoms with Gasteiger partial charge in [0.25, 0.3) is 0 Å². The molecule has 0 atom stereocenters. The number of imide groups is 1. The molecule has 1 aliphatic rings. The lowest BCUT2D eigenvalue weighted by Gasteiger charge is -2.32. The number of rotatable bonds is 11. The van der Waals surface area contributed by atoms with Gasteiger partial charge < -0.3 is 14.2 Å². The van der Waals surface area contributed by atoms with Crippen LogP contribution in [-0.4, -0.2) is 98.1 Å². The molecule has 1 saturated heterocycles. The number of hydrogen-bond acceptors (Lipinski definition) is 7. The van der Waals surface area contributed by atoms with Gasteiger partial charge in [0.1, 0.15) is 18.1 Å². The van der Waals surface area contributed by atoms with Crippen LogP contribution in [-0.2, 0) is 9.59 Å². The van der Waals surface area contributed by atoms with Gasteiger partial charge in [-0.1, -0.05) is 11.6 Å². The lowest BCUT2D eigenvalue weighted by Crippen LogP contribution is -2.44. The van der Waals surface area contributed by atoms with Gasteiger partial charge in [-0.05, 0) is 62.8 Å². The fraction of sp³-hybridized carbons (Fsp3) is 0.458. The minimum atomic E-state index is -0.273. The number of amides is 2. The average Bonchev–Trinajstić information content (AvgIpc) is 3.28. The highest BCUT2D eigenvalue weighted by molar-refractivity contribution is 6.30. The van der Waals surface area contributed by atoms with Crippen molar-refractivity contribution >= 4 is 30.1 Å². The molecule has 9 heteroatoms. The maximum absolute atomic E-state index is 12.5. The first-order valence-corrected chi connectivity index (χ1v) is 11.6. The Bertz CT molecular complexity index is 922. The Hall–Kier alpha value is -2.68. The molecule has 2 aromatic rings. The SMILES string of the molecule is CN1CCN(CCCCN(C=O)C(=O)CN(C)/N=C/c2ccc(-c3ccc(Cl)cc3)o2)CC1. The van der Waals surface area contributed by atoms with E-state index in [4.69, 9.17) is 16.0 Å². The van der Waals surface area contributed by atoms with E-state index < -0.39 is 0 Å². The standard InChI is InChI=1S/C24H32ClN5O3/c1-27-13-15-29(16-14-27)11-3-4-12-30(19-31)24(32)18-28(2)26-17-22-9-10-23(33-22)20-5-7-21(25)8-6-20/h5-10,17,19H,3-4,11-16,18H2,1-2H3/b26-17+. The van der Waals surface area contributed by atoms with Crippen LogP contribution in [0.25, 0.3) is 11.3 Å². The fourth-order valence-corrected chi connectivity index (χ4v) is 3.73. The van der Waals surface area contributed by atoms with Crippen molar-refractivity contribution in [2.75, 3.05) is 59.9 Å². The number of carbonyl (C=O) groups excluding carboxylic acids is 2. The fourth-order valence-electron chi connectivity index (χ4n) is 3.60. The van der Waals surface area contributed by atoms with Crippen LogP contribution < -0.4 is 0 Å². The summed E-state index contributed by atoms with van der Waals surface area (Å²) in [6.45, 7) is 5.77. The molecule has 178 valence electrons. The van der Waals surface area contributed by atoms with Crippen LogP contribution in [0.2, 0.25) is 5.02 Å². The Morgan fingerprint density at radius 2 is 1.85 bits per heavy atom. The Labute approximate surface area is 200 Å². The highest BCUT2D eigenvalue weighted by atomic mass is 35.5. The third-order valence-corrected chi connectivity index (χ3v) is 5.92. The van der Waals surface area contributed by atoms with Crippen molar-refractivity contribution in [1.82, 2.24) is 19.7 Å². The number of benzene rings is 1. The van der Waals surface area contributed by atoms with E-state index in [0.717, 1.165) is 51.1 Å². The molecule has 0 N–H and O–H groups in total. The molecule has 0 radical (unpaired) electrons. The molecule has 1 aromatic carbocycles. The summed E-state index contributed by atoms with van der Waals surface area (Å²) in [5.41, 5.74) is 0.914. The second-order valence-electron chi connectivity index (χ2n) is 8.31. The average molecular weight is 474 g/mol. The minimum Gasteiger partial charge on any atom is -0.455 e. The smallest absolute Gasteiger partial charge is 0.250 e. The van der Waals surface area contributed by atoms with Crippen molar-refractivity contribution in [3.8, 4) is 11.3 Å². The summed E-state index contributed by atoms with van der Waals surface area (Å²) in [6, 6.07) is 11.0. The number of carbonyl (C=O) groups is 2. The van der Waals surface area contributed by atoms with Gasteiger partial charge in [0.15, 0.2) is 0 Å². The minimum absolute atomic E-state index is 0.0124. The summed E-state index contributed by atoms with van der Waals surface area (Å²) >= 11 is 5.92. The Morgan fingerprint density at radius 1 is 1.12 bits per heavy atom. The summed E-state index contributed by atoms with van der Waals surface area (Å²) in [6.07, 6.45) is 3.92. The predicted molar refractivity (Wildman–Crippen MR) is 130 cm³/mol. The van der Waals surface area contributed by atoms with Gasteiger partial charge in [-0.3, -0.25) is 19.5 Å². The summed E-state index contributed by atoms with van der Waals surface area (Å²) in [5, 5.41) is 6.41. The molecule has 1 aliphatic heterocycles. The van der Waals surface area contributed by atoms with E-state index in [0.29, 0.717) is 29.5 Å². The molecular formula is C24H32ClN5O3. The van der Waals surface area contributed by atoms with Crippen LogP contribution in [0.5, 0.6) is 0 Å². The molecule has 2 amide bonds. The molecule has 2 heterocycles.